The molecule has 1 aliphatic rings. The van der Waals surface area contributed by atoms with Crippen molar-refractivity contribution in [3.8, 4) is 6.07 Å². The van der Waals surface area contributed by atoms with E-state index in [-0.39, 0.29) is 5.57 Å². The maximum absolute atomic E-state index is 11.4. The molecule has 0 bridgehead atoms. The zero-order valence-corrected chi connectivity index (χ0v) is 8.83. The van der Waals surface area contributed by atoms with Crippen LogP contribution in [0.1, 0.15) is 33.6 Å². The van der Waals surface area contributed by atoms with Gasteiger partial charge in [-0.25, -0.2) is 4.79 Å². The number of carbonyl (C=O) groups excluding carboxylic acids is 1. The average molecular weight is 193 g/mol. The number of rotatable bonds is 2. The Balaban J connectivity index is 2.62. The maximum atomic E-state index is 11.4. The van der Waals surface area contributed by atoms with Gasteiger partial charge in [-0.05, 0) is 39.5 Å². The Labute approximate surface area is 84.4 Å². The van der Waals surface area contributed by atoms with Crippen molar-refractivity contribution in [3.05, 3.63) is 11.6 Å². The van der Waals surface area contributed by atoms with E-state index in [9.17, 15) is 4.79 Å². The van der Waals surface area contributed by atoms with Crippen LogP contribution in [-0.4, -0.2) is 11.6 Å². The van der Waals surface area contributed by atoms with E-state index in [1.165, 1.54) is 0 Å². The van der Waals surface area contributed by atoms with E-state index >= 15 is 0 Å². The van der Waals surface area contributed by atoms with Gasteiger partial charge in [0.15, 0.2) is 0 Å². The number of esters is 1. The summed E-state index contributed by atoms with van der Waals surface area (Å²) in [5, 5.41) is 8.75. The fraction of sp³-hybridized carbons (Fsp3) is 0.636. The summed E-state index contributed by atoms with van der Waals surface area (Å²) in [6, 6.07) is 1.88. The van der Waals surface area contributed by atoms with Crippen molar-refractivity contribution in [2.24, 2.45) is 5.92 Å². The summed E-state index contributed by atoms with van der Waals surface area (Å²) in [7, 11) is 0. The van der Waals surface area contributed by atoms with Crippen LogP contribution in [0, 0.1) is 17.2 Å². The number of carbonyl (C=O) groups is 1. The minimum Gasteiger partial charge on any atom is -0.456 e. The SMILES string of the molecule is CC(C)(C)OC(=O)/C(C#N)=C/C1CC1. The first-order valence-corrected chi connectivity index (χ1v) is 4.77. The summed E-state index contributed by atoms with van der Waals surface area (Å²) in [5.74, 6) is -0.0935. The lowest BCUT2D eigenvalue weighted by molar-refractivity contribution is -0.149. The van der Waals surface area contributed by atoms with Gasteiger partial charge in [0.2, 0.25) is 0 Å². The van der Waals surface area contributed by atoms with E-state index < -0.39 is 11.6 Å². The van der Waals surface area contributed by atoms with E-state index in [1.54, 1.807) is 26.8 Å². The van der Waals surface area contributed by atoms with E-state index in [0.717, 1.165) is 12.8 Å². The lowest BCUT2D eigenvalue weighted by atomic mass is 10.1. The Hall–Kier alpha value is -1.30. The predicted octanol–water partition coefficient (Wildman–Crippen LogP) is 2.19. The average Bonchev–Trinajstić information content (AvgIpc) is 2.79. The van der Waals surface area contributed by atoms with E-state index in [2.05, 4.69) is 0 Å². The van der Waals surface area contributed by atoms with Gasteiger partial charge in [0.25, 0.3) is 0 Å². The summed E-state index contributed by atoms with van der Waals surface area (Å²) in [6.07, 6.45) is 3.87. The van der Waals surface area contributed by atoms with Crippen molar-refractivity contribution in [1.82, 2.24) is 0 Å². The Bertz CT molecular complexity index is 300. The highest BCUT2D eigenvalue weighted by Gasteiger charge is 2.24. The highest BCUT2D eigenvalue weighted by molar-refractivity contribution is 5.93. The van der Waals surface area contributed by atoms with Crippen LogP contribution in [0.3, 0.4) is 0 Å². The van der Waals surface area contributed by atoms with Gasteiger partial charge in [0.05, 0.1) is 0 Å². The molecule has 0 radical (unpaired) electrons. The first-order chi connectivity index (χ1) is 6.42. The standard InChI is InChI=1S/C11H15NO2/c1-11(2,3)14-10(13)9(7-12)6-8-4-5-8/h6,8H,4-5H2,1-3H3/b9-6+. The predicted molar refractivity (Wildman–Crippen MR) is 52.3 cm³/mol. The summed E-state index contributed by atoms with van der Waals surface area (Å²) < 4.78 is 5.09. The zero-order chi connectivity index (χ0) is 10.8. The fourth-order valence-corrected chi connectivity index (χ4v) is 0.983. The lowest BCUT2D eigenvalue weighted by Gasteiger charge is -2.18. The second kappa shape index (κ2) is 3.83. The molecule has 0 aromatic rings. The second-order valence-electron chi connectivity index (χ2n) is 4.53. The first kappa shape index (κ1) is 10.8. The third-order valence-corrected chi connectivity index (χ3v) is 1.76. The molecule has 0 spiro atoms. The quantitative estimate of drug-likeness (QED) is 0.383. The molecule has 0 aliphatic heterocycles. The molecule has 0 N–H and O–H groups in total. The van der Waals surface area contributed by atoms with Crippen molar-refractivity contribution >= 4 is 5.97 Å². The van der Waals surface area contributed by atoms with Gasteiger partial charge < -0.3 is 4.74 Å². The fourth-order valence-electron chi connectivity index (χ4n) is 0.983. The van der Waals surface area contributed by atoms with Gasteiger partial charge in [-0.2, -0.15) is 5.26 Å². The molecule has 0 aromatic heterocycles. The van der Waals surface area contributed by atoms with Crippen molar-refractivity contribution in [1.29, 1.82) is 5.26 Å². The molecule has 14 heavy (non-hydrogen) atoms. The second-order valence-corrected chi connectivity index (χ2v) is 4.53. The van der Waals surface area contributed by atoms with Gasteiger partial charge in [0.1, 0.15) is 17.2 Å². The van der Waals surface area contributed by atoms with Crippen LogP contribution >= 0.6 is 0 Å². The topological polar surface area (TPSA) is 50.1 Å². The minimum atomic E-state index is -0.531. The van der Waals surface area contributed by atoms with Crippen LogP contribution in [0.15, 0.2) is 11.6 Å². The highest BCUT2D eigenvalue weighted by atomic mass is 16.6. The molecule has 76 valence electrons. The zero-order valence-electron chi connectivity index (χ0n) is 8.83. The summed E-state index contributed by atoms with van der Waals surface area (Å²) in [5.41, 5.74) is -0.390. The monoisotopic (exact) mass is 193 g/mol. The summed E-state index contributed by atoms with van der Waals surface area (Å²) in [6.45, 7) is 5.37. The number of hydrogen-bond acceptors (Lipinski definition) is 3. The summed E-state index contributed by atoms with van der Waals surface area (Å²) in [4.78, 5) is 11.4. The van der Waals surface area contributed by atoms with Crippen LogP contribution in [0.2, 0.25) is 0 Å². The lowest BCUT2D eigenvalue weighted by Crippen LogP contribution is -2.24. The third-order valence-electron chi connectivity index (χ3n) is 1.76. The Kier molecular flexibility index (Phi) is 2.95. The number of allylic oxidation sites excluding steroid dienone is 1. The van der Waals surface area contributed by atoms with Crippen LogP contribution in [-0.2, 0) is 9.53 Å². The number of nitrogens with zero attached hydrogens (tertiary/aromatic N) is 1. The van der Waals surface area contributed by atoms with Gasteiger partial charge in [-0.1, -0.05) is 6.08 Å². The Morgan fingerprint density at radius 1 is 1.50 bits per heavy atom. The molecule has 3 heteroatoms. The van der Waals surface area contributed by atoms with Gasteiger partial charge in [-0.15, -0.1) is 0 Å². The molecule has 0 unspecified atom stereocenters. The normalized spacial score (nSPS) is 17.4. The number of hydrogen-bond donors (Lipinski definition) is 0. The van der Waals surface area contributed by atoms with Crippen LogP contribution in [0.25, 0.3) is 0 Å². The molecule has 0 saturated heterocycles. The molecule has 0 heterocycles. The van der Waals surface area contributed by atoms with Crippen molar-refractivity contribution in [2.75, 3.05) is 0 Å². The van der Waals surface area contributed by atoms with Crippen LogP contribution in [0.4, 0.5) is 0 Å². The molecular weight excluding hydrogens is 178 g/mol. The molecule has 1 aliphatic carbocycles. The molecule has 1 rings (SSSR count). The highest BCUT2D eigenvalue weighted by Crippen LogP contribution is 2.31. The third kappa shape index (κ3) is 3.61. The molecule has 0 aromatic carbocycles. The first-order valence-electron chi connectivity index (χ1n) is 4.77. The van der Waals surface area contributed by atoms with Crippen molar-refractivity contribution in [2.45, 2.75) is 39.2 Å². The molecule has 0 atom stereocenters. The minimum absolute atomic E-state index is 0.141. The smallest absolute Gasteiger partial charge is 0.349 e. The van der Waals surface area contributed by atoms with Crippen molar-refractivity contribution < 1.29 is 9.53 Å². The maximum Gasteiger partial charge on any atom is 0.349 e. The largest absolute Gasteiger partial charge is 0.456 e. The molecular formula is C11H15NO2. The van der Waals surface area contributed by atoms with Gasteiger partial charge >= 0.3 is 5.97 Å². The van der Waals surface area contributed by atoms with Crippen LogP contribution < -0.4 is 0 Å². The molecule has 1 saturated carbocycles. The van der Waals surface area contributed by atoms with E-state index in [4.69, 9.17) is 10.00 Å². The van der Waals surface area contributed by atoms with Crippen molar-refractivity contribution in [3.63, 3.8) is 0 Å². The molecule has 0 amide bonds. The van der Waals surface area contributed by atoms with E-state index in [1.807, 2.05) is 6.07 Å². The Morgan fingerprint density at radius 3 is 2.43 bits per heavy atom. The summed E-state index contributed by atoms with van der Waals surface area (Å²) >= 11 is 0. The van der Waals surface area contributed by atoms with E-state index in [0.29, 0.717) is 5.92 Å². The number of ether oxygens (including phenoxy) is 1. The molecule has 3 nitrogen and oxygen atoms in total. The Morgan fingerprint density at radius 2 is 2.07 bits per heavy atom. The number of nitriles is 1. The molecule has 1 fully saturated rings. The van der Waals surface area contributed by atoms with Gasteiger partial charge in [-0.3, -0.25) is 0 Å². The van der Waals surface area contributed by atoms with Crippen LogP contribution in [0.5, 0.6) is 0 Å². The van der Waals surface area contributed by atoms with Gasteiger partial charge in [0, 0.05) is 0 Å².